The summed E-state index contributed by atoms with van der Waals surface area (Å²) < 4.78 is 1.77. The Labute approximate surface area is 147 Å². The summed E-state index contributed by atoms with van der Waals surface area (Å²) in [5, 5.41) is 17.2. The molecule has 2 aromatic rings. The third-order valence-electron chi connectivity index (χ3n) is 4.12. The van der Waals surface area contributed by atoms with E-state index < -0.39 is 17.9 Å². The minimum Gasteiger partial charge on any atom is -0.393 e. The summed E-state index contributed by atoms with van der Waals surface area (Å²) in [6.07, 6.45) is 1.04. The lowest BCUT2D eigenvalue weighted by atomic mass is 10.0. The van der Waals surface area contributed by atoms with E-state index in [2.05, 4.69) is 10.4 Å². The Morgan fingerprint density at radius 2 is 1.96 bits per heavy atom. The van der Waals surface area contributed by atoms with Crippen molar-refractivity contribution in [2.24, 2.45) is 11.7 Å². The van der Waals surface area contributed by atoms with Crippen LogP contribution >= 0.6 is 0 Å². The number of fused-ring (bicyclic) bond motifs is 1. The number of aliphatic hydroxyl groups is 1. The largest absolute Gasteiger partial charge is 0.393 e. The molecule has 2 rings (SSSR count). The van der Waals surface area contributed by atoms with Gasteiger partial charge in [-0.25, -0.2) is 0 Å². The zero-order valence-corrected chi connectivity index (χ0v) is 14.9. The highest BCUT2D eigenvalue weighted by atomic mass is 16.3. The zero-order chi connectivity index (χ0) is 18.6. The molecule has 1 aromatic carbocycles. The number of hydrogen-bond donors (Lipinski definition) is 3. The van der Waals surface area contributed by atoms with E-state index in [4.69, 9.17) is 5.73 Å². The van der Waals surface area contributed by atoms with Gasteiger partial charge >= 0.3 is 0 Å². The highest BCUT2D eigenvalue weighted by Gasteiger charge is 2.25. The van der Waals surface area contributed by atoms with Gasteiger partial charge in [-0.2, -0.15) is 5.10 Å². The molecule has 2 atom stereocenters. The predicted molar refractivity (Wildman–Crippen MR) is 95.9 cm³/mol. The van der Waals surface area contributed by atoms with Gasteiger partial charge in [-0.05, 0) is 31.7 Å². The highest BCUT2D eigenvalue weighted by Crippen LogP contribution is 2.19. The average molecular weight is 346 g/mol. The first kappa shape index (κ1) is 18.9. The van der Waals surface area contributed by atoms with Crippen LogP contribution in [0.4, 0.5) is 0 Å². The van der Waals surface area contributed by atoms with E-state index in [1.165, 1.54) is 0 Å². The van der Waals surface area contributed by atoms with Gasteiger partial charge in [0.05, 0.1) is 11.6 Å². The number of nitrogens with one attached hydrogen (secondary N) is 1. The van der Waals surface area contributed by atoms with Crippen molar-refractivity contribution in [2.75, 3.05) is 0 Å². The summed E-state index contributed by atoms with van der Waals surface area (Å²) >= 11 is 0. The third kappa shape index (κ3) is 4.57. The summed E-state index contributed by atoms with van der Waals surface area (Å²) in [6, 6.07) is 6.71. The van der Waals surface area contributed by atoms with Gasteiger partial charge in [0.25, 0.3) is 5.91 Å². The van der Waals surface area contributed by atoms with Crippen LogP contribution in [0.5, 0.6) is 0 Å². The molecule has 0 aliphatic heterocycles. The van der Waals surface area contributed by atoms with E-state index in [0.717, 1.165) is 17.3 Å². The molecule has 0 saturated heterocycles. The molecule has 0 aliphatic rings. The minimum absolute atomic E-state index is 0.110. The van der Waals surface area contributed by atoms with E-state index >= 15 is 0 Å². The molecule has 1 heterocycles. The molecule has 0 radical (unpaired) electrons. The topological polar surface area (TPSA) is 110 Å². The number of nitrogens with zero attached hydrogens (tertiary/aromatic N) is 2. The zero-order valence-electron chi connectivity index (χ0n) is 14.9. The van der Waals surface area contributed by atoms with Crippen molar-refractivity contribution in [1.29, 1.82) is 0 Å². The van der Waals surface area contributed by atoms with E-state index in [1.54, 1.807) is 11.6 Å². The standard InChI is InChI=1S/C18H26N4O3/c1-11(2)15(17(19)24)20-18(25)16-13-8-4-5-9-14(13)22(21-16)10-6-7-12(3)23/h4-5,8-9,11-12,15,23H,6-7,10H2,1-3H3,(H2,19,24)(H,20,25)/t12-,15+/m0/s1. The van der Waals surface area contributed by atoms with Crippen LogP contribution < -0.4 is 11.1 Å². The molecule has 0 unspecified atom stereocenters. The first-order chi connectivity index (χ1) is 11.8. The lowest BCUT2D eigenvalue weighted by Gasteiger charge is -2.18. The maximum absolute atomic E-state index is 12.6. The quantitative estimate of drug-likeness (QED) is 0.671. The van der Waals surface area contributed by atoms with Crippen LogP contribution in [0.25, 0.3) is 10.9 Å². The molecule has 0 aliphatic carbocycles. The Hall–Kier alpha value is -2.41. The lowest BCUT2D eigenvalue weighted by Crippen LogP contribution is -2.47. The van der Waals surface area contributed by atoms with Crippen LogP contribution in [-0.2, 0) is 11.3 Å². The van der Waals surface area contributed by atoms with E-state index in [-0.39, 0.29) is 17.7 Å². The number of carbonyl (C=O) groups excluding carboxylic acids is 2. The summed E-state index contributed by atoms with van der Waals surface area (Å²) in [7, 11) is 0. The van der Waals surface area contributed by atoms with Gasteiger partial charge < -0.3 is 16.2 Å². The number of primary amides is 1. The molecule has 4 N–H and O–H groups in total. The summed E-state index contributed by atoms with van der Waals surface area (Å²) in [4.78, 5) is 24.2. The van der Waals surface area contributed by atoms with Crippen molar-refractivity contribution in [3.63, 3.8) is 0 Å². The molecule has 7 nitrogen and oxygen atoms in total. The Morgan fingerprint density at radius 1 is 1.28 bits per heavy atom. The van der Waals surface area contributed by atoms with Gasteiger partial charge in [-0.3, -0.25) is 14.3 Å². The molecule has 25 heavy (non-hydrogen) atoms. The molecule has 0 spiro atoms. The number of aryl methyl sites for hydroxylation is 1. The first-order valence-corrected chi connectivity index (χ1v) is 8.55. The monoisotopic (exact) mass is 346 g/mol. The maximum Gasteiger partial charge on any atom is 0.273 e. The van der Waals surface area contributed by atoms with Crippen LogP contribution in [0.1, 0.15) is 44.1 Å². The molecule has 7 heteroatoms. The second-order valence-corrected chi connectivity index (χ2v) is 6.68. The average Bonchev–Trinajstić information content (AvgIpc) is 2.90. The van der Waals surface area contributed by atoms with Gasteiger partial charge in [-0.15, -0.1) is 0 Å². The fraction of sp³-hybridized carbons (Fsp3) is 0.500. The van der Waals surface area contributed by atoms with Gasteiger partial charge in [0.2, 0.25) is 5.91 Å². The molecular formula is C18H26N4O3. The van der Waals surface area contributed by atoms with Gasteiger partial charge in [0.15, 0.2) is 5.69 Å². The third-order valence-corrected chi connectivity index (χ3v) is 4.12. The number of carbonyl (C=O) groups is 2. The highest BCUT2D eigenvalue weighted by molar-refractivity contribution is 6.06. The van der Waals surface area contributed by atoms with Crippen molar-refractivity contribution in [2.45, 2.75) is 52.3 Å². The normalized spacial score (nSPS) is 13.8. The van der Waals surface area contributed by atoms with Gasteiger partial charge in [-0.1, -0.05) is 32.0 Å². The van der Waals surface area contributed by atoms with Crippen molar-refractivity contribution in [3.05, 3.63) is 30.0 Å². The van der Waals surface area contributed by atoms with E-state index in [0.29, 0.717) is 13.0 Å². The smallest absolute Gasteiger partial charge is 0.273 e. The molecule has 0 fully saturated rings. The fourth-order valence-corrected chi connectivity index (χ4v) is 2.78. The number of hydrogen-bond acceptors (Lipinski definition) is 4. The van der Waals surface area contributed by atoms with Crippen molar-refractivity contribution in [1.82, 2.24) is 15.1 Å². The summed E-state index contributed by atoms with van der Waals surface area (Å²) in [5.41, 5.74) is 6.50. The number of nitrogens with two attached hydrogens (primary N) is 1. The van der Waals surface area contributed by atoms with Crippen molar-refractivity contribution in [3.8, 4) is 0 Å². The summed E-state index contributed by atoms with van der Waals surface area (Å²) in [6.45, 7) is 5.99. The minimum atomic E-state index is -0.744. The second-order valence-electron chi connectivity index (χ2n) is 6.68. The maximum atomic E-state index is 12.6. The number of rotatable bonds is 8. The SMILES string of the molecule is CC(C)[C@@H](NC(=O)c1nn(CCC[C@H](C)O)c2ccccc12)C(N)=O. The predicted octanol–water partition coefficient (Wildman–Crippen LogP) is 1.44. The number of benzene rings is 1. The lowest BCUT2D eigenvalue weighted by molar-refractivity contribution is -0.120. The van der Waals surface area contributed by atoms with Gasteiger partial charge in [0.1, 0.15) is 6.04 Å². The number of para-hydroxylation sites is 1. The first-order valence-electron chi connectivity index (χ1n) is 8.55. The number of aromatic nitrogens is 2. The molecule has 2 amide bonds. The molecule has 0 bridgehead atoms. The Bertz CT molecular complexity index is 752. The van der Waals surface area contributed by atoms with Gasteiger partial charge in [0, 0.05) is 11.9 Å². The van der Waals surface area contributed by atoms with Crippen LogP contribution in [0, 0.1) is 5.92 Å². The van der Waals surface area contributed by atoms with Crippen LogP contribution in [0.15, 0.2) is 24.3 Å². The Kier molecular flexibility index (Phi) is 6.14. The fourth-order valence-electron chi connectivity index (χ4n) is 2.78. The molecule has 1 aromatic heterocycles. The molecular weight excluding hydrogens is 320 g/mol. The van der Waals surface area contributed by atoms with E-state index in [1.807, 2.05) is 38.1 Å². The summed E-state index contributed by atoms with van der Waals surface area (Å²) in [5.74, 6) is -1.09. The van der Waals surface area contributed by atoms with Crippen LogP contribution in [-0.4, -0.2) is 38.8 Å². The van der Waals surface area contributed by atoms with Crippen molar-refractivity contribution >= 4 is 22.7 Å². The van der Waals surface area contributed by atoms with Crippen molar-refractivity contribution < 1.29 is 14.7 Å². The Morgan fingerprint density at radius 3 is 2.56 bits per heavy atom. The molecule has 136 valence electrons. The number of amides is 2. The van der Waals surface area contributed by atoms with Crippen LogP contribution in [0.3, 0.4) is 0 Å². The molecule has 0 saturated carbocycles. The second kappa shape index (κ2) is 8.11. The van der Waals surface area contributed by atoms with Crippen LogP contribution in [0.2, 0.25) is 0 Å². The van der Waals surface area contributed by atoms with E-state index in [9.17, 15) is 14.7 Å². The number of aliphatic hydroxyl groups excluding tert-OH is 1. The Balaban J connectivity index is 2.28.